The molecule has 1 rings (SSSR count). The molecule has 0 nitrogen and oxygen atoms in total. The van der Waals surface area contributed by atoms with E-state index in [-0.39, 0.29) is 0 Å². The summed E-state index contributed by atoms with van der Waals surface area (Å²) in [6, 6.07) is 4.51. The lowest BCUT2D eigenvalue weighted by Gasteiger charge is -2.10. The molecular formula is C12H17ClS. The van der Waals surface area contributed by atoms with E-state index in [1.807, 2.05) is 11.8 Å². The van der Waals surface area contributed by atoms with Crippen molar-refractivity contribution in [3.63, 3.8) is 0 Å². The highest BCUT2D eigenvalue weighted by atomic mass is 35.5. The van der Waals surface area contributed by atoms with Crippen molar-refractivity contribution in [3.8, 4) is 0 Å². The van der Waals surface area contributed by atoms with E-state index < -0.39 is 0 Å². The topological polar surface area (TPSA) is 0 Å². The smallest absolute Gasteiger partial charge is 0.0314 e. The molecule has 0 fully saturated rings. The highest BCUT2D eigenvalue weighted by Crippen LogP contribution is 2.21. The van der Waals surface area contributed by atoms with E-state index in [1.165, 1.54) is 22.3 Å². The highest BCUT2D eigenvalue weighted by molar-refractivity contribution is 7.98. The fraction of sp³-hybridized carbons (Fsp3) is 0.500. The molecule has 0 atom stereocenters. The molecule has 0 heterocycles. The summed E-state index contributed by atoms with van der Waals surface area (Å²) in [7, 11) is 0. The summed E-state index contributed by atoms with van der Waals surface area (Å²) >= 11 is 7.56. The van der Waals surface area contributed by atoms with E-state index in [2.05, 4.69) is 32.9 Å². The van der Waals surface area contributed by atoms with Crippen LogP contribution in [0.5, 0.6) is 0 Å². The van der Waals surface area contributed by atoms with Crippen LogP contribution in [0, 0.1) is 20.8 Å². The van der Waals surface area contributed by atoms with Gasteiger partial charge in [0.1, 0.15) is 0 Å². The first-order valence-electron chi connectivity index (χ1n) is 4.85. The number of halogens is 1. The molecule has 0 radical (unpaired) electrons. The van der Waals surface area contributed by atoms with Crippen molar-refractivity contribution < 1.29 is 0 Å². The van der Waals surface area contributed by atoms with Gasteiger partial charge in [0.25, 0.3) is 0 Å². The predicted molar refractivity (Wildman–Crippen MR) is 67.5 cm³/mol. The summed E-state index contributed by atoms with van der Waals surface area (Å²) < 4.78 is 0. The van der Waals surface area contributed by atoms with Crippen molar-refractivity contribution >= 4 is 23.4 Å². The maximum absolute atomic E-state index is 5.65. The van der Waals surface area contributed by atoms with Crippen molar-refractivity contribution in [1.82, 2.24) is 0 Å². The highest BCUT2D eigenvalue weighted by Gasteiger charge is 2.03. The molecule has 0 aromatic heterocycles. The molecule has 1 aromatic rings. The predicted octanol–water partition coefficient (Wildman–Crippen LogP) is 4.08. The van der Waals surface area contributed by atoms with Crippen molar-refractivity contribution in [2.45, 2.75) is 26.5 Å². The van der Waals surface area contributed by atoms with Crippen LogP contribution in [0.25, 0.3) is 0 Å². The van der Waals surface area contributed by atoms with Gasteiger partial charge in [-0.15, -0.1) is 11.6 Å². The van der Waals surface area contributed by atoms with Crippen LogP contribution in [-0.2, 0) is 5.75 Å². The van der Waals surface area contributed by atoms with E-state index >= 15 is 0 Å². The van der Waals surface area contributed by atoms with Crippen LogP contribution in [0.2, 0.25) is 0 Å². The zero-order chi connectivity index (χ0) is 10.6. The summed E-state index contributed by atoms with van der Waals surface area (Å²) in [5.74, 6) is 2.87. The number of hydrogen-bond donors (Lipinski definition) is 0. The molecule has 0 saturated heterocycles. The van der Waals surface area contributed by atoms with Gasteiger partial charge in [0.05, 0.1) is 0 Å². The molecule has 0 unspecified atom stereocenters. The molecule has 0 amide bonds. The minimum atomic E-state index is 0.745. The molecule has 0 N–H and O–H groups in total. The largest absolute Gasteiger partial charge is 0.156 e. The van der Waals surface area contributed by atoms with Gasteiger partial charge in [-0.1, -0.05) is 17.7 Å². The summed E-state index contributed by atoms with van der Waals surface area (Å²) in [5.41, 5.74) is 5.64. The molecular weight excluding hydrogens is 212 g/mol. The van der Waals surface area contributed by atoms with Crippen LogP contribution in [0.15, 0.2) is 12.1 Å². The molecule has 0 saturated carbocycles. The maximum Gasteiger partial charge on any atom is 0.0314 e. The van der Waals surface area contributed by atoms with Gasteiger partial charge in [-0.2, -0.15) is 11.8 Å². The number of benzene rings is 1. The van der Waals surface area contributed by atoms with E-state index in [9.17, 15) is 0 Å². The average molecular weight is 229 g/mol. The lowest BCUT2D eigenvalue weighted by molar-refractivity contribution is 1.21. The minimum absolute atomic E-state index is 0.745. The van der Waals surface area contributed by atoms with Gasteiger partial charge in [-0.3, -0.25) is 0 Å². The van der Waals surface area contributed by atoms with Gasteiger partial charge in [0.2, 0.25) is 0 Å². The Morgan fingerprint density at radius 2 is 1.71 bits per heavy atom. The van der Waals surface area contributed by atoms with Gasteiger partial charge < -0.3 is 0 Å². The lowest BCUT2D eigenvalue weighted by Crippen LogP contribution is -1.94. The van der Waals surface area contributed by atoms with Gasteiger partial charge in [0.15, 0.2) is 0 Å². The molecule has 78 valence electrons. The van der Waals surface area contributed by atoms with Crippen molar-refractivity contribution in [1.29, 1.82) is 0 Å². The Morgan fingerprint density at radius 1 is 1.14 bits per heavy atom. The quantitative estimate of drug-likeness (QED) is 0.553. The third kappa shape index (κ3) is 3.21. The van der Waals surface area contributed by atoms with Crippen LogP contribution < -0.4 is 0 Å². The van der Waals surface area contributed by atoms with Gasteiger partial charge in [-0.25, -0.2) is 0 Å². The summed E-state index contributed by atoms with van der Waals surface area (Å²) in [5, 5.41) is 0. The Morgan fingerprint density at radius 3 is 2.21 bits per heavy atom. The van der Waals surface area contributed by atoms with Gasteiger partial charge in [-0.05, 0) is 37.5 Å². The van der Waals surface area contributed by atoms with E-state index in [4.69, 9.17) is 11.6 Å². The first kappa shape index (κ1) is 11.9. The number of alkyl halides is 1. The van der Waals surface area contributed by atoms with E-state index in [0.717, 1.165) is 17.4 Å². The molecule has 0 bridgehead atoms. The van der Waals surface area contributed by atoms with Crippen LogP contribution in [0.1, 0.15) is 22.3 Å². The zero-order valence-electron chi connectivity index (χ0n) is 9.06. The first-order valence-corrected chi connectivity index (χ1v) is 6.54. The van der Waals surface area contributed by atoms with Gasteiger partial charge >= 0.3 is 0 Å². The minimum Gasteiger partial charge on any atom is -0.156 e. The van der Waals surface area contributed by atoms with Crippen LogP contribution in [0.4, 0.5) is 0 Å². The van der Waals surface area contributed by atoms with E-state index in [0.29, 0.717) is 0 Å². The summed E-state index contributed by atoms with van der Waals surface area (Å²) in [4.78, 5) is 0. The Balaban J connectivity index is 2.75. The normalized spacial score (nSPS) is 10.6. The second kappa shape index (κ2) is 5.67. The molecule has 2 heteroatoms. The molecule has 14 heavy (non-hydrogen) atoms. The number of hydrogen-bond acceptors (Lipinski definition) is 1. The molecule has 0 aliphatic heterocycles. The first-order chi connectivity index (χ1) is 6.65. The van der Waals surface area contributed by atoms with Crippen molar-refractivity contribution in [3.05, 3.63) is 34.4 Å². The van der Waals surface area contributed by atoms with Crippen molar-refractivity contribution in [2.75, 3.05) is 11.6 Å². The zero-order valence-corrected chi connectivity index (χ0v) is 10.6. The lowest BCUT2D eigenvalue weighted by atomic mass is 10.0. The van der Waals surface area contributed by atoms with E-state index in [1.54, 1.807) is 0 Å². The third-order valence-electron chi connectivity index (χ3n) is 2.31. The van der Waals surface area contributed by atoms with Crippen molar-refractivity contribution in [2.24, 2.45) is 0 Å². The molecule has 0 aliphatic rings. The van der Waals surface area contributed by atoms with Crippen LogP contribution in [-0.4, -0.2) is 11.6 Å². The Hall–Kier alpha value is -0.140. The molecule has 1 aromatic carbocycles. The fourth-order valence-corrected chi connectivity index (χ4v) is 2.91. The number of rotatable bonds is 4. The average Bonchev–Trinajstić information content (AvgIpc) is 2.09. The molecule has 0 spiro atoms. The second-order valence-corrected chi connectivity index (χ2v) is 5.10. The molecule has 0 aliphatic carbocycles. The summed E-state index contributed by atoms with van der Waals surface area (Å²) in [6.45, 7) is 6.53. The second-order valence-electron chi connectivity index (χ2n) is 3.62. The fourth-order valence-electron chi connectivity index (χ4n) is 1.67. The summed E-state index contributed by atoms with van der Waals surface area (Å²) in [6.07, 6.45) is 0. The number of thioether (sulfide) groups is 1. The monoisotopic (exact) mass is 228 g/mol. The SMILES string of the molecule is Cc1cc(C)c(CSCCCl)c(C)c1. The third-order valence-corrected chi connectivity index (χ3v) is 3.71. The Kier molecular flexibility index (Phi) is 4.83. The van der Waals surface area contributed by atoms with Crippen LogP contribution in [0.3, 0.4) is 0 Å². The Labute approximate surface area is 96.0 Å². The van der Waals surface area contributed by atoms with Gasteiger partial charge in [0, 0.05) is 17.4 Å². The van der Waals surface area contributed by atoms with Crippen LogP contribution >= 0.6 is 23.4 Å². The Bertz CT molecular complexity index is 284. The standard InChI is InChI=1S/C12H17ClS/c1-9-6-10(2)12(11(3)7-9)8-14-5-4-13/h6-7H,4-5,8H2,1-3H3. The maximum atomic E-state index is 5.65. The number of aryl methyl sites for hydroxylation is 3.